The largest absolute Gasteiger partial charge is 0.414 e. The molecule has 2 aliphatic rings. The van der Waals surface area contributed by atoms with E-state index in [1.807, 2.05) is 4.98 Å². The first kappa shape index (κ1) is 41.8. The number of halogens is 2. The quantitative estimate of drug-likeness (QED) is 0.293. The van der Waals surface area contributed by atoms with Gasteiger partial charge in [-0.25, -0.2) is 18.4 Å². The van der Waals surface area contributed by atoms with E-state index in [0.717, 1.165) is 15.3 Å². The van der Waals surface area contributed by atoms with Crippen LogP contribution in [-0.4, -0.2) is 95.9 Å². The third kappa shape index (κ3) is 8.88. The van der Waals surface area contributed by atoms with Crippen LogP contribution in [0.3, 0.4) is 0 Å². The number of aliphatic hydroxyl groups excluding tert-OH is 2. The van der Waals surface area contributed by atoms with Gasteiger partial charge in [-0.15, -0.1) is 0 Å². The predicted octanol–water partition coefficient (Wildman–Crippen LogP) is 2.93. The highest BCUT2D eigenvalue weighted by molar-refractivity contribution is 6.74. The Morgan fingerprint density at radius 2 is 1.20 bits per heavy atom. The Morgan fingerprint density at radius 1 is 0.780 bits per heavy atom. The van der Waals surface area contributed by atoms with Crippen molar-refractivity contribution in [2.24, 2.45) is 0 Å². The summed E-state index contributed by atoms with van der Waals surface area (Å²) >= 11 is 0. The summed E-state index contributed by atoms with van der Waals surface area (Å²) in [6.45, 7) is 23.7. The zero-order valence-corrected chi connectivity index (χ0v) is 33.0. The fraction of sp³-hybridized carbons (Fsp3) is 0.750. The molecule has 2 aromatic rings. The zero-order chi connectivity index (χ0) is 38.3. The lowest BCUT2D eigenvalue weighted by Gasteiger charge is -2.40. The van der Waals surface area contributed by atoms with Gasteiger partial charge >= 0.3 is 11.4 Å². The molecule has 8 atom stereocenters. The van der Waals surface area contributed by atoms with Crippen LogP contribution in [0.5, 0.6) is 0 Å². The Balaban J connectivity index is 0.000000316. The second kappa shape index (κ2) is 15.2. The van der Waals surface area contributed by atoms with Crippen molar-refractivity contribution in [1.29, 1.82) is 0 Å². The van der Waals surface area contributed by atoms with Gasteiger partial charge in [-0.05, 0) is 50.1 Å². The maximum atomic E-state index is 15.8. The van der Waals surface area contributed by atoms with E-state index >= 15 is 4.39 Å². The first-order valence-corrected chi connectivity index (χ1v) is 22.4. The van der Waals surface area contributed by atoms with Crippen LogP contribution >= 0.6 is 0 Å². The van der Waals surface area contributed by atoms with Crippen molar-refractivity contribution in [1.82, 2.24) is 19.1 Å². The highest BCUT2D eigenvalue weighted by Gasteiger charge is 2.52. The monoisotopic (exact) mass is 748 g/mol. The van der Waals surface area contributed by atoms with Gasteiger partial charge < -0.3 is 28.5 Å². The van der Waals surface area contributed by atoms with Crippen LogP contribution in [0, 0.1) is 13.8 Å². The standard InChI is InChI=1S/C22H41FN2O5Si2.C10H13FN2O5/c1-14-12-25(20(27)24-18(14)26)19-16(23)17(30-32(10,11)22(5,6)7)15(29-19)13-28-31(8,9)21(2,3)4;1-4-2-13(10(17)12-8(4)16)9-6(11)7(15)5(3-14)18-9/h12,15-17,19H,13H2,1-11H3,(H,24,26,27);2,5-7,9,14-15H,3H2,1H3,(H,12,16,17)/t15-,16+,17?,19-;5-,6+,7?,9-/m00/s1. The normalized spacial score (nSPS) is 27.7. The summed E-state index contributed by atoms with van der Waals surface area (Å²) in [6.07, 6.45) is -7.64. The Bertz CT molecular complexity index is 1730. The van der Waals surface area contributed by atoms with E-state index in [4.69, 9.17) is 23.4 Å². The van der Waals surface area contributed by atoms with Crippen LogP contribution in [0.4, 0.5) is 8.78 Å². The topological polar surface area (TPSA) is 187 Å². The highest BCUT2D eigenvalue weighted by atomic mass is 28.4. The number of aliphatic hydroxyl groups is 2. The van der Waals surface area contributed by atoms with Crippen molar-refractivity contribution in [2.45, 2.75) is 141 Å². The smallest absolute Gasteiger partial charge is 0.330 e. The number of nitrogens with zero attached hydrogens (tertiary/aromatic N) is 2. The maximum Gasteiger partial charge on any atom is 0.330 e. The fourth-order valence-electron chi connectivity index (χ4n) is 4.85. The second-order valence-electron chi connectivity index (χ2n) is 16.1. The van der Waals surface area contributed by atoms with Gasteiger partial charge in [0.2, 0.25) is 0 Å². The molecule has 0 amide bonds. The SMILES string of the molecule is Cc1cn([C@H]2O[C@@H](CO)C(O)[C@H]2F)c(=O)[nH]c1=O.Cc1cn([C@H]2O[C@@H](CO[Si](C)(C)C(C)(C)C)C(O[Si](C)(C)C(C)(C)C)[C@H]2F)c(=O)[nH]c1=O. The number of aromatic amines is 2. The molecule has 2 aromatic heterocycles. The van der Waals surface area contributed by atoms with Gasteiger partial charge in [-0.1, -0.05) is 41.5 Å². The first-order chi connectivity index (χ1) is 22.7. The van der Waals surface area contributed by atoms with Crippen LogP contribution in [-0.2, 0) is 18.3 Å². The summed E-state index contributed by atoms with van der Waals surface area (Å²) in [7, 11) is -4.45. The molecule has 50 heavy (non-hydrogen) atoms. The van der Waals surface area contributed by atoms with Gasteiger partial charge in [-0.2, -0.15) is 0 Å². The third-order valence-electron chi connectivity index (χ3n) is 10.2. The predicted molar refractivity (Wildman–Crippen MR) is 188 cm³/mol. The summed E-state index contributed by atoms with van der Waals surface area (Å²) in [4.78, 5) is 51.2. The summed E-state index contributed by atoms with van der Waals surface area (Å²) in [6, 6.07) is 0. The molecule has 2 aliphatic heterocycles. The van der Waals surface area contributed by atoms with Gasteiger partial charge in [0.15, 0.2) is 41.4 Å². The minimum Gasteiger partial charge on any atom is -0.414 e. The van der Waals surface area contributed by atoms with Crippen LogP contribution < -0.4 is 22.5 Å². The maximum absolute atomic E-state index is 15.8. The number of aromatic nitrogens is 4. The van der Waals surface area contributed by atoms with E-state index in [-0.39, 0.29) is 22.2 Å². The Hall–Kier alpha value is -2.59. The molecule has 2 unspecified atom stereocenters. The molecule has 0 aliphatic carbocycles. The number of nitrogens with one attached hydrogen (secondary N) is 2. The van der Waals surface area contributed by atoms with Crippen LogP contribution in [0.15, 0.2) is 31.6 Å². The van der Waals surface area contributed by atoms with E-state index in [1.54, 1.807) is 6.92 Å². The minimum atomic E-state index is -2.34. The number of H-pyrrole nitrogens is 2. The lowest BCUT2D eigenvalue weighted by Crippen LogP contribution is -2.50. The van der Waals surface area contributed by atoms with Crippen molar-refractivity contribution < 1.29 is 37.3 Å². The second-order valence-corrected chi connectivity index (χ2v) is 25.6. The molecule has 0 aromatic carbocycles. The van der Waals surface area contributed by atoms with Crippen molar-refractivity contribution >= 4 is 16.6 Å². The van der Waals surface area contributed by atoms with Gasteiger partial charge in [0.1, 0.15) is 24.4 Å². The molecule has 14 nitrogen and oxygen atoms in total. The highest BCUT2D eigenvalue weighted by Crippen LogP contribution is 2.43. The molecule has 18 heteroatoms. The Kier molecular flexibility index (Phi) is 12.7. The molecule has 0 saturated carbocycles. The molecular weight excluding hydrogens is 695 g/mol. The van der Waals surface area contributed by atoms with Crippen LogP contribution in [0.25, 0.3) is 0 Å². The molecule has 0 spiro atoms. The van der Waals surface area contributed by atoms with Gasteiger partial charge in [0.05, 0.1) is 13.2 Å². The van der Waals surface area contributed by atoms with Crippen molar-refractivity contribution in [2.75, 3.05) is 13.2 Å². The number of hydrogen-bond acceptors (Lipinski definition) is 10. The lowest BCUT2D eigenvalue weighted by atomic mass is 10.1. The average Bonchev–Trinajstić information content (AvgIpc) is 3.44. The first-order valence-electron chi connectivity index (χ1n) is 16.6. The third-order valence-corrected chi connectivity index (χ3v) is 19.2. The lowest BCUT2D eigenvalue weighted by molar-refractivity contribution is -0.0492. The molecule has 2 saturated heterocycles. The average molecular weight is 749 g/mol. The molecule has 0 radical (unpaired) electrons. The minimum absolute atomic E-state index is 0.0110. The van der Waals surface area contributed by atoms with Crippen LogP contribution in [0.1, 0.15) is 65.1 Å². The number of rotatable bonds is 8. The van der Waals surface area contributed by atoms with E-state index < -0.39 is 95.0 Å². The van der Waals surface area contributed by atoms with Crippen molar-refractivity contribution in [3.63, 3.8) is 0 Å². The molecule has 4 rings (SSSR count). The summed E-state index contributed by atoms with van der Waals surface area (Å²) in [5.74, 6) is 0. The number of hydrogen-bond donors (Lipinski definition) is 4. The molecule has 4 N–H and O–H groups in total. The zero-order valence-electron chi connectivity index (χ0n) is 31.0. The van der Waals surface area contributed by atoms with E-state index in [9.17, 15) is 28.7 Å². The van der Waals surface area contributed by atoms with E-state index in [1.165, 1.54) is 13.1 Å². The summed E-state index contributed by atoms with van der Waals surface area (Å²) in [5, 5.41) is 18.2. The summed E-state index contributed by atoms with van der Waals surface area (Å²) in [5.41, 5.74) is -2.07. The van der Waals surface area contributed by atoms with Crippen molar-refractivity contribution in [3.8, 4) is 0 Å². The van der Waals surface area contributed by atoms with E-state index in [0.29, 0.717) is 5.56 Å². The Morgan fingerprint density at radius 3 is 1.60 bits per heavy atom. The fourth-order valence-corrected chi connectivity index (χ4v) is 7.18. The number of ether oxygens (including phenoxy) is 2. The molecule has 0 bridgehead atoms. The Labute approximate surface area is 292 Å². The van der Waals surface area contributed by atoms with Crippen molar-refractivity contribution in [3.05, 3.63) is 65.2 Å². The molecule has 284 valence electrons. The van der Waals surface area contributed by atoms with Crippen LogP contribution in [0.2, 0.25) is 36.3 Å². The molecular formula is C32H54F2N4O10Si2. The molecule has 2 fully saturated rings. The number of alkyl halides is 2. The summed E-state index contributed by atoms with van der Waals surface area (Å²) < 4.78 is 55.6. The van der Waals surface area contributed by atoms with E-state index in [2.05, 4.69) is 72.7 Å². The molecule has 4 heterocycles. The van der Waals surface area contributed by atoms with Gasteiger partial charge in [-0.3, -0.25) is 28.7 Å². The van der Waals surface area contributed by atoms with Gasteiger partial charge in [0, 0.05) is 23.5 Å². The number of aryl methyl sites for hydroxylation is 2. The van der Waals surface area contributed by atoms with Gasteiger partial charge in [0.25, 0.3) is 11.1 Å².